The fraction of sp³-hybridized carbons (Fsp3) is 0.780. The van der Waals surface area contributed by atoms with Gasteiger partial charge in [0.2, 0.25) is 0 Å². The molecule has 0 spiro atoms. The van der Waals surface area contributed by atoms with E-state index in [1.165, 1.54) is 148 Å². The molecule has 6 heteroatoms. The average molecular weight is 909 g/mol. The molecule has 0 amide bonds. The Morgan fingerprint density at radius 3 is 0.954 bits per heavy atom. The van der Waals surface area contributed by atoms with E-state index < -0.39 is 6.10 Å². The Kier molecular flexibility index (Phi) is 51.3. The Labute approximate surface area is 402 Å². The highest BCUT2D eigenvalue weighted by atomic mass is 16.6. The van der Waals surface area contributed by atoms with Gasteiger partial charge in [-0.05, 0) is 83.5 Å². The van der Waals surface area contributed by atoms with Gasteiger partial charge in [-0.25, -0.2) is 0 Å². The number of esters is 3. The number of carbonyl (C=O) groups is 3. The highest BCUT2D eigenvalue weighted by Crippen LogP contribution is 2.15. The second-order valence-corrected chi connectivity index (χ2v) is 18.5. The average Bonchev–Trinajstić information content (AvgIpc) is 3.30. The summed E-state index contributed by atoms with van der Waals surface area (Å²) >= 11 is 0. The van der Waals surface area contributed by atoms with Crippen molar-refractivity contribution in [1.29, 1.82) is 0 Å². The van der Waals surface area contributed by atoms with Gasteiger partial charge in [0.1, 0.15) is 13.2 Å². The number of unbranched alkanes of at least 4 members (excludes halogenated alkanes) is 29. The maximum atomic E-state index is 12.8. The van der Waals surface area contributed by atoms with Crippen LogP contribution in [0.3, 0.4) is 0 Å². The lowest BCUT2D eigenvalue weighted by molar-refractivity contribution is -0.167. The lowest BCUT2D eigenvalue weighted by Gasteiger charge is -2.18. The van der Waals surface area contributed by atoms with Crippen LogP contribution in [0.2, 0.25) is 0 Å². The topological polar surface area (TPSA) is 78.9 Å². The van der Waals surface area contributed by atoms with Gasteiger partial charge in [0.05, 0.1) is 0 Å². The summed E-state index contributed by atoms with van der Waals surface area (Å²) in [5.41, 5.74) is 0. The van der Waals surface area contributed by atoms with E-state index in [2.05, 4.69) is 81.5 Å². The summed E-state index contributed by atoms with van der Waals surface area (Å²) < 4.78 is 16.7. The second kappa shape index (κ2) is 53.7. The predicted octanol–water partition coefficient (Wildman–Crippen LogP) is 18.4. The van der Waals surface area contributed by atoms with Crippen LogP contribution in [0.25, 0.3) is 0 Å². The molecule has 1 unspecified atom stereocenters. The molecular formula is C59H104O6. The number of hydrogen-bond acceptors (Lipinski definition) is 6. The molecule has 1 atom stereocenters. The zero-order valence-electron chi connectivity index (χ0n) is 43.0. The summed E-state index contributed by atoms with van der Waals surface area (Å²) in [5.74, 6) is -0.888. The Morgan fingerprint density at radius 1 is 0.323 bits per heavy atom. The lowest BCUT2D eigenvalue weighted by Crippen LogP contribution is -2.30. The van der Waals surface area contributed by atoms with E-state index in [0.717, 1.165) is 89.9 Å². The third-order valence-electron chi connectivity index (χ3n) is 12.0. The third kappa shape index (κ3) is 51.9. The normalized spacial score (nSPS) is 12.5. The SMILES string of the molecule is CC/C=C\C/C=C\C/C=C\C/C=C\CCCCCCCCCCCCC(=O)OCC(COC(=O)CCCCCCC)OC(=O)CCCCCCCCCCC/C=C\CCCCCCCC. The highest BCUT2D eigenvalue weighted by molar-refractivity contribution is 5.71. The van der Waals surface area contributed by atoms with Gasteiger partial charge in [-0.2, -0.15) is 0 Å². The first kappa shape index (κ1) is 62.1. The van der Waals surface area contributed by atoms with Gasteiger partial charge in [-0.3, -0.25) is 14.4 Å². The minimum Gasteiger partial charge on any atom is -0.462 e. The molecular weight excluding hydrogens is 805 g/mol. The number of rotatable bonds is 50. The van der Waals surface area contributed by atoms with E-state index in [-0.39, 0.29) is 31.1 Å². The van der Waals surface area contributed by atoms with E-state index in [9.17, 15) is 14.4 Å². The van der Waals surface area contributed by atoms with Crippen LogP contribution in [0.1, 0.15) is 278 Å². The molecule has 0 aromatic heterocycles. The molecule has 0 rings (SSSR count). The van der Waals surface area contributed by atoms with Crippen molar-refractivity contribution in [1.82, 2.24) is 0 Å². The molecule has 0 heterocycles. The van der Waals surface area contributed by atoms with Gasteiger partial charge < -0.3 is 14.2 Å². The van der Waals surface area contributed by atoms with Crippen LogP contribution in [0.4, 0.5) is 0 Å². The smallest absolute Gasteiger partial charge is 0.306 e. The summed E-state index contributed by atoms with van der Waals surface area (Å²) in [6.07, 6.45) is 66.8. The number of hydrogen-bond donors (Lipinski definition) is 0. The molecule has 0 bridgehead atoms. The van der Waals surface area contributed by atoms with Crippen LogP contribution >= 0.6 is 0 Å². The van der Waals surface area contributed by atoms with Crippen molar-refractivity contribution in [3.8, 4) is 0 Å². The van der Waals surface area contributed by atoms with E-state index in [1.54, 1.807) is 0 Å². The molecule has 0 fully saturated rings. The van der Waals surface area contributed by atoms with Gasteiger partial charge in [0.15, 0.2) is 6.10 Å². The molecule has 0 N–H and O–H groups in total. The van der Waals surface area contributed by atoms with Crippen molar-refractivity contribution in [2.45, 2.75) is 284 Å². The largest absolute Gasteiger partial charge is 0.462 e. The molecule has 6 nitrogen and oxygen atoms in total. The quantitative estimate of drug-likeness (QED) is 0.0262. The minimum absolute atomic E-state index is 0.0758. The number of carbonyl (C=O) groups excluding carboxylic acids is 3. The van der Waals surface area contributed by atoms with Crippen molar-refractivity contribution in [2.75, 3.05) is 13.2 Å². The monoisotopic (exact) mass is 909 g/mol. The van der Waals surface area contributed by atoms with Crippen LogP contribution < -0.4 is 0 Å². The zero-order valence-corrected chi connectivity index (χ0v) is 43.0. The zero-order chi connectivity index (χ0) is 47.2. The van der Waals surface area contributed by atoms with Gasteiger partial charge in [-0.15, -0.1) is 0 Å². The van der Waals surface area contributed by atoms with Crippen molar-refractivity contribution >= 4 is 17.9 Å². The van der Waals surface area contributed by atoms with Crippen LogP contribution in [0.15, 0.2) is 60.8 Å². The van der Waals surface area contributed by atoms with Crippen molar-refractivity contribution in [3.05, 3.63) is 60.8 Å². The number of ether oxygens (including phenoxy) is 3. The van der Waals surface area contributed by atoms with Gasteiger partial charge in [-0.1, -0.05) is 236 Å². The molecule has 0 aromatic rings. The second-order valence-electron chi connectivity index (χ2n) is 18.5. The molecule has 0 aliphatic rings. The maximum Gasteiger partial charge on any atom is 0.306 e. The lowest BCUT2D eigenvalue weighted by atomic mass is 10.0. The van der Waals surface area contributed by atoms with Crippen molar-refractivity contribution in [3.63, 3.8) is 0 Å². The molecule has 0 saturated heterocycles. The Hall–Kier alpha value is -2.89. The first-order valence-electron chi connectivity index (χ1n) is 27.8. The highest BCUT2D eigenvalue weighted by Gasteiger charge is 2.19. The summed E-state index contributed by atoms with van der Waals surface area (Å²) in [7, 11) is 0. The third-order valence-corrected chi connectivity index (χ3v) is 12.0. The summed E-state index contributed by atoms with van der Waals surface area (Å²) in [4.78, 5) is 37.8. The standard InChI is InChI=1S/C59H104O6/c1-4-7-10-13-15-17-19-21-23-25-27-28-29-30-32-33-35-37-39-41-43-46-49-52-58(61)64-55-56(54-63-57(60)51-48-45-12-9-6-3)65-59(62)53-50-47-44-42-40-38-36-34-31-26-24-22-20-18-16-14-11-8-5-2/h7,10,15,17,21-24,27-28,56H,4-6,8-9,11-14,16,18-20,25-26,29-55H2,1-3H3/b10-7-,17-15-,23-21-,24-22-,28-27-. The summed E-state index contributed by atoms with van der Waals surface area (Å²) in [6.45, 7) is 6.45. The molecule has 65 heavy (non-hydrogen) atoms. The van der Waals surface area contributed by atoms with Crippen LogP contribution in [-0.4, -0.2) is 37.2 Å². The fourth-order valence-electron chi connectivity index (χ4n) is 7.84. The number of allylic oxidation sites excluding steroid dienone is 10. The summed E-state index contributed by atoms with van der Waals surface area (Å²) in [6, 6.07) is 0. The van der Waals surface area contributed by atoms with Crippen LogP contribution in [-0.2, 0) is 28.6 Å². The van der Waals surface area contributed by atoms with E-state index >= 15 is 0 Å². The minimum atomic E-state index is -0.772. The van der Waals surface area contributed by atoms with Crippen LogP contribution in [0.5, 0.6) is 0 Å². The van der Waals surface area contributed by atoms with Gasteiger partial charge in [0, 0.05) is 19.3 Å². The van der Waals surface area contributed by atoms with E-state index in [1.807, 2.05) is 0 Å². The van der Waals surface area contributed by atoms with Gasteiger partial charge in [0.25, 0.3) is 0 Å². The fourth-order valence-corrected chi connectivity index (χ4v) is 7.84. The molecule has 0 aliphatic carbocycles. The van der Waals surface area contributed by atoms with Crippen molar-refractivity contribution in [2.24, 2.45) is 0 Å². The van der Waals surface area contributed by atoms with E-state index in [4.69, 9.17) is 14.2 Å². The first-order valence-corrected chi connectivity index (χ1v) is 27.8. The molecule has 0 saturated carbocycles. The predicted molar refractivity (Wildman–Crippen MR) is 279 cm³/mol. The molecule has 0 radical (unpaired) electrons. The van der Waals surface area contributed by atoms with Crippen molar-refractivity contribution < 1.29 is 28.6 Å². The Morgan fingerprint density at radius 2 is 0.600 bits per heavy atom. The Balaban J connectivity index is 4.11. The Bertz CT molecular complexity index is 1180. The molecule has 0 aliphatic heterocycles. The molecule has 376 valence electrons. The first-order chi connectivity index (χ1) is 32.0. The summed E-state index contributed by atoms with van der Waals surface area (Å²) in [5, 5.41) is 0. The van der Waals surface area contributed by atoms with Crippen LogP contribution in [0, 0.1) is 0 Å². The molecule has 0 aromatic carbocycles. The maximum absolute atomic E-state index is 12.8. The van der Waals surface area contributed by atoms with E-state index in [0.29, 0.717) is 19.3 Å². The van der Waals surface area contributed by atoms with Gasteiger partial charge >= 0.3 is 17.9 Å².